The van der Waals surface area contributed by atoms with Crippen LogP contribution in [0.5, 0.6) is 0 Å². The summed E-state index contributed by atoms with van der Waals surface area (Å²) >= 11 is 1.29. The first-order valence-corrected chi connectivity index (χ1v) is 8.95. The number of amides is 1. The highest BCUT2D eigenvalue weighted by atomic mass is 32.1. The van der Waals surface area contributed by atoms with Gasteiger partial charge in [-0.15, -0.1) is 11.3 Å². The van der Waals surface area contributed by atoms with E-state index in [1.165, 1.54) is 16.9 Å². The van der Waals surface area contributed by atoms with E-state index >= 15 is 0 Å². The highest BCUT2D eigenvalue weighted by Gasteiger charge is 2.24. The summed E-state index contributed by atoms with van der Waals surface area (Å²) in [5.74, 6) is 0.576. The number of carbonyl (C=O) groups excluding carboxylic acids is 1. The number of hydrogen-bond acceptors (Lipinski definition) is 4. The maximum atomic E-state index is 12.6. The Hall–Kier alpha value is -1.72. The lowest BCUT2D eigenvalue weighted by molar-refractivity contribution is 0.0765. The first-order chi connectivity index (χ1) is 11.1. The van der Waals surface area contributed by atoms with Crippen LogP contribution in [0.1, 0.15) is 58.5 Å². The highest BCUT2D eigenvalue weighted by Crippen LogP contribution is 2.29. The summed E-state index contributed by atoms with van der Waals surface area (Å²) in [5, 5.41) is 10.2. The molecule has 0 spiro atoms. The molecule has 5 heteroatoms. The van der Waals surface area contributed by atoms with E-state index in [1.807, 2.05) is 11.0 Å². The monoisotopic (exact) mass is 330 g/mol. The molecule has 0 saturated carbocycles. The summed E-state index contributed by atoms with van der Waals surface area (Å²) in [5.41, 5.74) is 1.37. The maximum absolute atomic E-state index is 12.6. The van der Waals surface area contributed by atoms with Crippen molar-refractivity contribution >= 4 is 17.2 Å². The SMILES string of the molecule is C[C@H](O)c1ncc(C(=O)N2CCC[C@@H](c3ccccc3)CC2)s1. The van der Waals surface area contributed by atoms with Crippen molar-refractivity contribution < 1.29 is 9.90 Å². The van der Waals surface area contributed by atoms with Gasteiger partial charge >= 0.3 is 0 Å². The quantitative estimate of drug-likeness (QED) is 0.935. The second-order valence-corrected chi connectivity index (χ2v) is 7.13. The molecule has 0 unspecified atom stereocenters. The summed E-state index contributed by atoms with van der Waals surface area (Å²) in [4.78, 5) is 19.3. The molecule has 3 rings (SSSR count). The van der Waals surface area contributed by atoms with Gasteiger partial charge in [0.1, 0.15) is 16.0 Å². The van der Waals surface area contributed by atoms with Gasteiger partial charge in [0.15, 0.2) is 0 Å². The predicted molar refractivity (Wildman–Crippen MR) is 91.7 cm³/mol. The molecule has 0 aliphatic carbocycles. The number of rotatable bonds is 3. The van der Waals surface area contributed by atoms with Crippen LogP contribution >= 0.6 is 11.3 Å². The van der Waals surface area contributed by atoms with E-state index in [1.54, 1.807) is 13.1 Å². The van der Waals surface area contributed by atoms with Gasteiger partial charge in [0.25, 0.3) is 5.91 Å². The smallest absolute Gasteiger partial charge is 0.265 e. The molecule has 1 aliphatic rings. The molecular formula is C18H22N2O2S. The van der Waals surface area contributed by atoms with Crippen molar-refractivity contribution in [1.29, 1.82) is 0 Å². The minimum atomic E-state index is -0.617. The fourth-order valence-electron chi connectivity index (χ4n) is 3.09. The second-order valence-electron chi connectivity index (χ2n) is 6.07. The maximum Gasteiger partial charge on any atom is 0.265 e. The van der Waals surface area contributed by atoms with E-state index < -0.39 is 6.10 Å². The molecule has 0 radical (unpaired) electrons. The van der Waals surface area contributed by atoms with Crippen molar-refractivity contribution in [3.8, 4) is 0 Å². The lowest BCUT2D eigenvalue weighted by Gasteiger charge is -2.19. The van der Waals surface area contributed by atoms with E-state index in [9.17, 15) is 9.90 Å². The molecule has 1 fully saturated rings. The van der Waals surface area contributed by atoms with Crippen molar-refractivity contribution in [3.63, 3.8) is 0 Å². The van der Waals surface area contributed by atoms with Crippen LogP contribution in [-0.2, 0) is 0 Å². The van der Waals surface area contributed by atoms with Crippen LogP contribution in [0.4, 0.5) is 0 Å². The molecule has 1 saturated heterocycles. The zero-order valence-electron chi connectivity index (χ0n) is 13.3. The van der Waals surface area contributed by atoms with Crippen LogP contribution in [0.3, 0.4) is 0 Å². The molecule has 0 bridgehead atoms. The number of likely N-dealkylation sites (tertiary alicyclic amines) is 1. The third-order valence-corrected chi connectivity index (χ3v) is 5.53. The molecule has 2 aromatic rings. The molecule has 1 aliphatic heterocycles. The highest BCUT2D eigenvalue weighted by molar-refractivity contribution is 7.13. The van der Waals surface area contributed by atoms with E-state index in [0.29, 0.717) is 15.8 Å². The summed E-state index contributed by atoms with van der Waals surface area (Å²) in [7, 11) is 0. The van der Waals surface area contributed by atoms with Crippen molar-refractivity contribution in [1.82, 2.24) is 9.88 Å². The van der Waals surface area contributed by atoms with E-state index in [4.69, 9.17) is 0 Å². The van der Waals surface area contributed by atoms with Gasteiger partial charge in [-0.05, 0) is 37.7 Å². The van der Waals surface area contributed by atoms with E-state index in [0.717, 1.165) is 32.4 Å². The van der Waals surface area contributed by atoms with E-state index in [2.05, 4.69) is 29.2 Å². The summed E-state index contributed by atoms with van der Waals surface area (Å²) in [6.45, 7) is 3.24. The first kappa shape index (κ1) is 16.1. The Kier molecular flexibility index (Phi) is 5.08. The van der Waals surface area contributed by atoms with Gasteiger partial charge in [0, 0.05) is 13.1 Å². The van der Waals surface area contributed by atoms with Crippen LogP contribution in [0.2, 0.25) is 0 Å². The molecule has 2 heterocycles. The average Bonchev–Trinajstić information content (AvgIpc) is 2.94. The number of nitrogens with zero attached hydrogens (tertiary/aromatic N) is 2. The Morgan fingerprint density at radius 3 is 2.78 bits per heavy atom. The molecule has 1 N–H and O–H groups in total. The fraction of sp³-hybridized carbons (Fsp3) is 0.444. The zero-order chi connectivity index (χ0) is 16.2. The molecule has 2 atom stereocenters. The van der Waals surface area contributed by atoms with Gasteiger partial charge in [0.05, 0.1) is 6.20 Å². The van der Waals surface area contributed by atoms with Crippen LogP contribution < -0.4 is 0 Å². The Bertz CT molecular complexity index is 654. The molecule has 1 aromatic carbocycles. The lowest BCUT2D eigenvalue weighted by Crippen LogP contribution is -2.31. The number of aromatic nitrogens is 1. The summed E-state index contributed by atoms with van der Waals surface area (Å²) in [6, 6.07) is 10.6. The van der Waals surface area contributed by atoms with Gasteiger partial charge in [-0.3, -0.25) is 4.79 Å². The minimum Gasteiger partial charge on any atom is -0.386 e. The zero-order valence-corrected chi connectivity index (χ0v) is 14.1. The van der Waals surface area contributed by atoms with Crippen LogP contribution in [0.15, 0.2) is 36.5 Å². The van der Waals surface area contributed by atoms with E-state index in [-0.39, 0.29) is 5.91 Å². The number of benzene rings is 1. The number of aliphatic hydroxyl groups is 1. The van der Waals surface area contributed by atoms with Crippen LogP contribution in [0, 0.1) is 0 Å². The van der Waals surface area contributed by atoms with Gasteiger partial charge in [-0.25, -0.2) is 4.98 Å². The Morgan fingerprint density at radius 2 is 2.09 bits per heavy atom. The third kappa shape index (κ3) is 3.79. The van der Waals surface area contributed by atoms with Crippen molar-refractivity contribution in [2.45, 2.75) is 38.2 Å². The molecule has 122 valence electrons. The van der Waals surface area contributed by atoms with Gasteiger partial charge in [0.2, 0.25) is 0 Å². The minimum absolute atomic E-state index is 0.0445. The molecule has 1 aromatic heterocycles. The fourth-order valence-corrected chi connectivity index (χ4v) is 3.92. The second kappa shape index (κ2) is 7.23. The largest absolute Gasteiger partial charge is 0.386 e. The third-order valence-electron chi connectivity index (χ3n) is 4.38. The summed E-state index contributed by atoms with van der Waals surface area (Å²) in [6.07, 6.45) is 4.11. The molecular weight excluding hydrogens is 308 g/mol. The van der Waals surface area contributed by atoms with Crippen molar-refractivity contribution in [3.05, 3.63) is 52.0 Å². The van der Waals surface area contributed by atoms with Gasteiger partial charge < -0.3 is 10.0 Å². The lowest BCUT2D eigenvalue weighted by atomic mass is 9.92. The number of thiazole rings is 1. The Balaban J connectivity index is 1.66. The normalized spacial score (nSPS) is 20.1. The van der Waals surface area contributed by atoms with Crippen LogP contribution in [-0.4, -0.2) is 34.0 Å². The Morgan fingerprint density at radius 1 is 1.30 bits per heavy atom. The summed E-state index contributed by atoms with van der Waals surface area (Å²) < 4.78 is 0. The molecule has 4 nitrogen and oxygen atoms in total. The van der Waals surface area contributed by atoms with Gasteiger partial charge in [-0.2, -0.15) is 0 Å². The molecule has 1 amide bonds. The Labute approximate surface area is 140 Å². The first-order valence-electron chi connectivity index (χ1n) is 8.13. The molecule has 23 heavy (non-hydrogen) atoms. The number of carbonyl (C=O) groups is 1. The number of aliphatic hydroxyl groups excluding tert-OH is 1. The predicted octanol–water partition coefficient (Wildman–Crippen LogP) is 3.61. The number of hydrogen-bond donors (Lipinski definition) is 1. The van der Waals surface area contributed by atoms with Crippen LogP contribution in [0.25, 0.3) is 0 Å². The average molecular weight is 330 g/mol. The van der Waals surface area contributed by atoms with Gasteiger partial charge in [-0.1, -0.05) is 30.3 Å². The van der Waals surface area contributed by atoms with Crippen molar-refractivity contribution in [2.24, 2.45) is 0 Å². The standard InChI is InChI=1S/C18H22N2O2S/c1-13(21)17-19-12-16(23-17)18(22)20-10-5-8-15(9-11-20)14-6-3-2-4-7-14/h2-4,6-7,12-13,15,21H,5,8-11H2,1H3/t13-,15+/m0/s1. The van der Waals surface area contributed by atoms with Crippen molar-refractivity contribution in [2.75, 3.05) is 13.1 Å². The topological polar surface area (TPSA) is 53.4 Å².